The molecule has 1 rings (SSSR count). The number of hydrogen-bond acceptors (Lipinski definition) is 8. The van der Waals surface area contributed by atoms with Crippen LogP contribution in [0.15, 0.2) is 43.0 Å². The molecule has 0 amide bonds. The molecule has 0 bridgehead atoms. The lowest BCUT2D eigenvalue weighted by molar-refractivity contribution is -0.141. The molecule has 0 radical (unpaired) electrons. The van der Waals surface area contributed by atoms with E-state index in [0.717, 1.165) is 6.08 Å². The molecule has 24 heavy (non-hydrogen) atoms. The van der Waals surface area contributed by atoms with E-state index in [0.29, 0.717) is 0 Å². The van der Waals surface area contributed by atoms with Crippen molar-refractivity contribution in [1.29, 1.82) is 0 Å². The third kappa shape index (κ3) is 8.37. The highest BCUT2D eigenvalue weighted by Crippen LogP contribution is 2.60. The number of benzene rings is 1. The number of rotatable bonds is 10. The predicted octanol–water partition coefficient (Wildman–Crippen LogP) is 1.39. The third-order valence-corrected chi connectivity index (χ3v) is 4.75. The minimum absolute atomic E-state index is 0.0697. The van der Waals surface area contributed by atoms with Crippen LogP contribution in [-0.2, 0) is 27.5 Å². The minimum atomic E-state index is -5.02. The summed E-state index contributed by atoms with van der Waals surface area (Å²) in [5, 5.41) is 9.40. The number of ether oxygens (including phenoxy) is 1. The van der Waals surface area contributed by atoms with Crippen LogP contribution >= 0.6 is 15.6 Å². The molecule has 134 valence electrons. The van der Waals surface area contributed by atoms with Crippen LogP contribution < -0.4 is 4.52 Å². The van der Waals surface area contributed by atoms with Gasteiger partial charge in [0.1, 0.15) is 18.5 Å². The van der Waals surface area contributed by atoms with Gasteiger partial charge in [-0.3, -0.25) is 9.42 Å². The summed E-state index contributed by atoms with van der Waals surface area (Å²) in [6.45, 7) is 1.79. The minimum Gasteiger partial charge on any atom is -0.460 e. The Balaban J connectivity index is 2.49. The molecular weight excluding hydrogens is 366 g/mol. The van der Waals surface area contributed by atoms with Gasteiger partial charge < -0.3 is 19.3 Å². The average molecular weight is 382 g/mol. The fourth-order valence-electron chi connectivity index (χ4n) is 1.25. The molecule has 0 fully saturated rings. The van der Waals surface area contributed by atoms with Gasteiger partial charge in [0.2, 0.25) is 0 Å². The van der Waals surface area contributed by atoms with E-state index < -0.39 is 40.9 Å². The van der Waals surface area contributed by atoms with Gasteiger partial charge in [0.15, 0.2) is 0 Å². The first kappa shape index (κ1) is 20.5. The largest absolute Gasteiger partial charge is 0.536 e. The summed E-state index contributed by atoms with van der Waals surface area (Å²) in [5.41, 5.74) is 0. The fourth-order valence-corrected chi connectivity index (χ4v) is 3.36. The van der Waals surface area contributed by atoms with Crippen LogP contribution in [0.5, 0.6) is 5.75 Å². The molecule has 3 atom stereocenters. The molecule has 0 aliphatic carbocycles. The van der Waals surface area contributed by atoms with E-state index in [1.807, 2.05) is 0 Å². The Kier molecular flexibility index (Phi) is 7.78. The number of carbonyl (C=O) groups excluding carboxylic acids is 1. The Morgan fingerprint density at radius 3 is 2.38 bits per heavy atom. The van der Waals surface area contributed by atoms with Crippen LogP contribution in [0.25, 0.3) is 0 Å². The highest BCUT2D eigenvalue weighted by molar-refractivity contribution is 7.61. The number of aliphatic hydroxyl groups is 1. The van der Waals surface area contributed by atoms with Crippen LogP contribution in [0, 0.1) is 0 Å². The number of para-hydroxylation sites is 1. The molecule has 1 aromatic rings. The van der Waals surface area contributed by atoms with Gasteiger partial charge in [0.25, 0.3) is 0 Å². The normalized spacial score (nSPS) is 17.1. The predicted molar refractivity (Wildman–Crippen MR) is 80.9 cm³/mol. The molecule has 1 aromatic carbocycles. The SMILES string of the molecule is C=CC(=O)OCC(O)COP(=O)(O)OP(=O)(O)Oc1ccccc1. The molecule has 10 nitrogen and oxygen atoms in total. The highest BCUT2D eigenvalue weighted by Gasteiger charge is 2.37. The van der Waals surface area contributed by atoms with Crippen molar-refractivity contribution in [2.45, 2.75) is 6.10 Å². The van der Waals surface area contributed by atoms with E-state index in [9.17, 15) is 28.8 Å². The van der Waals surface area contributed by atoms with Gasteiger partial charge in [-0.05, 0) is 12.1 Å². The van der Waals surface area contributed by atoms with Crippen molar-refractivity contribution in [3.8, 4) is 5.75 Å². The maximum absolute atomic E-state index is 11.7. The van der Waals surface area contributed by atoms with E-state index >= 15 is 0 Å². The van der Waals surface area contributed by atoms with E-state index in [4.69, 9.17) is 0 Å². The Morgan fingerprint density at radius 1 is 1.17 bits per heavy atom. The average Bonchev–Trinajstić information content (AvgIpc) is 2.50. The zero-order valence-electron chi connectivity index (χ0n) is 12.3. The van der Waals surface area contributed by atoms with Crippen molar-refractivity contribution in [3.05, 3.63) is 43.0 Å². The summed E-state index contributed by atoms with van der Waals surface area (Å²) in [6, 6.07) is 7.29. The van der Waals surface area contributed by atoms with Gasteiger partial charge in [-0.2, -0.15) is 4.31 Å². The van der Waals surface area contributed by atoms with Gasteiger partial charge in [-0.25, -0.2) is 13.9 Å². The van der Waals surface area contributed by atoms with E-state index in [2.05, 4.69) is 24.7 Å². The standard InChI is InChI=1S/C12H16O10P2/c1-2-12(14)19-8-10(13)9-20-23(15,16)22-24(17,18)21-11-6-4-3-5-7-11/h2-7,10,13H,1,8-9H2,(H,15,16)(H,17,18). The smallest absolute Gasteiger partial charge is 0.460 e. The number of aliphatic hydroxyl groups excluding tert-OH is 1. The quantitative estimate of drug-likeness (QED) is 0.308. The van der Waals surface area contributed by atoms with Gasteiger partial charge in [-0.15, -0.1) is 0 Å². The third-order valence-electron chi connectivity index (χ3n) is 2.19. The molecule has 0 saturated heterocycles. The Morgan fingerprint density at radius 2 is 1.79 bits per heavy atom. The lowest BCUT2D eigenvalue weighted by Crippen LogP contribution is -2.22. The number of esters is 1. The number of hydrogen-bond donors (Lipinski definition) is 3. The van der Waals surface area contributed by atoms with Gasteiger partial charge in [-0.1, -0.05) is 24.8 Å². The Bertz CT molecular complexity index is 646. The lowest BCUT2D eigenvalue weighted by atomic mass is 10.3. The molecule has 0 spiro atoms. The molecule has 12 heteroatoms. The van der Waals surface area contributed by atoms with Crippen molar-refractivity contribution in [3.63, 3.8) is 0 Å². The highest BCUT2D eigenvalue weighted by atomic mass is 31.3. The molecule has 0 aliphatic rings. The van der Waals surface area contributed by atoms with Crippen molar-refractivity contribution in [1.82, 2.24) is 0 Å². The number of phosphoric acid groups is 2. The van der Waals surface area contributed by atoms with Crippen LogP contribution in [0.1, 0.15) is 0 Å². The van der Waals surface area contributed by atoms with Crippen LogP contribution in [-0.4, -0.2) is 40.2 Å². The maximum atomic E-state index is 11.7. The number of phosphoric ester groups is 2. The zero-order chi connectivity index (χ0) is 18.2. The van der Waals surface area contributed by atoms with Crippen molar-refractivity contribution < 1.29 is 46.9 Å². The number of carbonyl (C=O) groups is 1. The van der Waals surface area contributed by atoms with E-state index in [1.54, 1.807) is 6.07 Å². The van der Waals surface area contributed by atoms with E-state index in [1.165, 1.54) is 24.3 Å². The van der Waals surface area contributed by atoms with E-state index in [-0.39, 0.29) is 5.75 Å². The summed E-state index contributed by atoms with van der Waals surface area (Å²) in [6.07, 6.45) is -0.609. The van der Waals surface area contributed by atoms with Gasteiger partial charge in [0.05, 0.1) is 6.61 Å². The topological polar surface area (TPSA) is 149 Å². The summed E-state index contributed by atoms with van der Waals surface area (Å²) in [5.74, 6) is -0.881. The molecule has 0 heterocycles. The second-order valence-corrected chi connectivity index (χ2v) is 7.18. The zero-order valence-corrected chi connectivity index (χ0v) is 14.0. The second-order valence-electron chi connectivity index (χ2n) is 4.21. The summed E-state index contributed by atoms with van der Waals surface area (Å²) in [7, 11) is -9.97. The summed E-state index contributed by atoms with van der Waals surface area (Å²) in [4.78, 5) is 29.6. The maximum Gasteiger partial charge on any atom is 0.536 e. The van der Waals surface area contributed by atoms with Crippen molar-refractivity contribution in [2.75, 3.05) is 13.2 Å². The summed E-state index contributed by atoms with van der Waals surface area (Å²) < 4.78 is 40.7. The van der Waals surface area contributed by atoms with Crippen LogP contribution in [0.3, 0.4) is 0 Å². The first-order valence-electron chi connectivity index (χ1n) is 6.37. The molecule has 0 aromatic heterocycles. The first-order valence-corrected chi connectivity index (χ1v) is 9.36. The van der Waals surface area contributed by atoms with Gasteiger partial charge in [0, 0.05) is 6.08 Å². The molecule has 0 aliphatic heterocycles. The van der Waals surface area contributed by atoms with Crippen molar-refractivity contribution in [2.24, 2.45) is 0 Å². The molecular formula is C12H16O10P2. The Labute approximate surface area is 137 Å². The fraction of sp³-hybridized carbons (Fsp3) is 0.250. The van der Waals surface area contributed by atoms with Crippen LogP contribution in [0.4, 0.5) is 0 Å². The van der Waals surface area contributed by atoms with Gasteiger partial charge >= 0.3 is 21.6 Å². The molecule has 3 unspecified atom stereocenters. The summed E-state index contributed by atoms with van der Waals surface area (Å²) >= 11 is 0. The first-order chi connectivity index (χ1) is 11.1. The monoisotopic (exact) mass is 382 g/mol. The van der Waals surface area contributed by atoms with Crippen LogP contribution in [0.2, 0.25) is 0 Å². The second kappa shape index (κ2) is 9.10. The van der Waals surface area contributed by atoms with Crippen molar-refractivity contribution >= 4 is 21.6 Å². The lowest BCUT2D eigenvalue weighted by Gasteiger charge is -2.17. The molecule has 3 N–H and O–H groups in total. The Hall–Kier alpha value is -1.51. The molecule has 0 saturated carbocycles.